The van der Waals surface area contributed by atoms with Crippen LogP contribution in [0, 0.1) is 0 Å². The normalized spacial score (nSPS) is 14.5. The molecule has 2 rings (SSSR count). The molecule has 19 heavy (non-hydrogen) atoms. The molecule has 0 aromatic carbocycles. The molecule has 0 aliphatic carbocycles. The smallest absolute Gasteiger partial charge is 0.122 e. The fraction of sp³-hybridized carbons (Fsp3) is 0.400. The van der Waals surface area contributed by atoms with Gasteiger partial charge in [-0.05, 0) is 37.7 Å². The monoisotopic (exact) mass is 259 g/mol. The third-order valence-corrected chi connectivity index (χ3v) is 3.22. The molecule has 2 heterocycles. The Morgan fingerprint density at radius 3 is 2.68 bits per heavy atom. The van der Waals surface area contributed by atoms with E-state index >= 15 is 0 Å². The topological polar surface area (TPSA) is 55.3 Å². The maximum absolute atomic E-state index is 6.14. The average molecular weight is 259 g/mol. The third-order valence-electron chi connectivity index (χ3n) is 3.22. The Labute approximate surface area is 114 Å². The maximum Gasteiger partial charge on any atom is 0.122 e. The molecular formula is C15H21N3O. The van der Waals surface area contributed by atoms with Crippen LogP contribution >= 0.6 is 0 Å². The summed E-state index contributed by atoms with van der Waals surface area (Å²) < 4.78 is 5.54. The number of hydrogen-bond donors (Lipinski definition) is 1. The first-order chi connectivity index (χ1) is 9.22. The van der Waals surface area contributed by atoms with Crippen molar-refractivity contribution in [2.24, 2.45) is 5.73 Å². The summed E-state index contributed by atoms with van der Waals surface area (Å²) in [5, 5.41) is 0. The molecule has 2 N–H and O–H groups in total. The molecule has 4 nitrogen and oxygen atoms in total. The minimum absolute atomic E-state index is 0.00480. The Kier molecular flexibility index (Phi) is 4.71. The highest BCUT2D eigenvalue weighted by Crippen LogP contribution is 2.25. The lowest BCUT2D eigenvalue weighted by molar-refractivity contribution is 0.153. The molecule has 4 heteroatoms. The predicted octanol–water partition coefficient (Wildman–Crippen LogP) is 2.58. The second kappa shape index (κ2) is 6.50. The summed E-state index contributed by atoms with van der Waals surface area (Å²) >= 11 is 0. The van der Waals surface area contributed by atoms with Crippen molar-refractivity contribution in [3.05, 3.63) is 54.2 Å². The molecule has 0 spiro atoms. The fourth-order valence-electron chi connectivity index (χ4n) is 2.34. The molecule has 0 saturated carbocycles. The van der Waals surface area contributed by atoms with Crippen molar-refractivity contribution in [1.29, 1.82) is 0 Å². The van der Waals surface area contributed by atoms with Gasteiger partial charge < -0.3 is 10.2 Å². The summed E-state index contributed by atoms with van der Waals surface area (Å²) in [5.74, 6) is 0.910. The van der Waals surface area contributed by atoms with Crippen LogP contribution in [0.5, 0.6) is 0 Å². The number of rotatable bonds is 6. The Hall–Kier alpha value is -1.65. The van der Waals surface area contributed by atoms with Crippen LogP contribution in [-0.4, -0.2) is 22.5 Å². The minimum atomic E-state index is -0.00480. The van der Waals surface area contributed by atoms with E-state index in [1.807, 2.05) is 43.5 Å². The number of aromatic nitrogens is 1. The molecule has 0 aliphatic rings. The number of pyridine rings is 1. The van der Waals surface area contributed by atoms with E-state index in [1.165, 1.54) is 0 Å². The highest BCUT2D eigenvalue weighted by atomic mass is 16.3. The molecule has 0 amide bonds. The van der Waals surface area contributed by atoms with Crippen molar-refractivity contribution < 1.29 is 4.42 Å². The molecule has 0 fully saturated rings. The largest absolute Gasteiger partial charge is 0.468 e. The summed E-state index contributed by atoms with van der Waals surface area (Å²) in [6.07, 6.45) is 3.51. The van der Waals surface area contributed by atoms with E-state index in [1.54, 1.807) is 6.26 Å². The lowest BCUT2D eigenvalue weighted by Crippen LogP contribution is -2.39. The van der Waals surface area contributed by atoms with E-state index in [9.17, 15) is 0 Å². The molecule has 102 valence electrons. The lowest BCUT2D eigenvalue weighted by atomic mass is 10.1. The van der Waals surface area contributed by atoms with Crippen molar-refractivity contribution in [3.63, 3.8) is 0 Å². The van der Waals surface area contributed by atoms with E-state index in [0.717, 1.165) is 24.5 Å². The number of likely N-dealkylation sites (N-methyl/N-ethyl adjacent to an activating group) is 1. The van der Waals surface area contributed by atoms with E-state index in [0.29, 0.717) is 0 Å². The molecule has 0 bridgehead atoms. The number of nitrogens with zero attached hydrogens (tertiary/aromatic N) is 2. The summed E-state index contributed by atoms with van der Waals surface area (Å²) in [6, 6.07) is 9.91. The predicted molar refractivity (Wildman–Crippen MR) is 75.4 cm³/mol. The second-order valence-corrected chi connectivity index (χ2v) is 4.70. The van der Waals surface area contributed by atoms with Gasteiger partial charge >= 0.3 is 0 Å². The lowest BCUT2D eigenvalue weighted by Gasteiger charge is -2.31. The van der Waals surface area contributed by atoms with Crippen LogP contribution in [0.15, 0.2) is 47.2 Å². The standard InChI is InChI=1S/C15H21N3O/c1-3-18(11-13-7-4-5-9-17-13)15(12(2)16)14-8-6-10-19-14/h4-10,12,15H,3,11,16H2,1-2H3. The molecule has 2 aromatic heterocycles. The Balaban J connectivity index is 2.18. The van der Waals surface area contributed by atoms with Crippen molar-refractivity contribution in [1.82, 2.24) is 9.88 Å². The van der Waals surface area contributed by atoms with Gasteiger partial charge in [0, 0.05) is 18.8 Å². The van der Waals surface area contributed by atoms with Gasteiger partial charge in [0.2, 0.25) is 0 Å². The number of nitrogens with two attached hydrogens (primary N) is 1. The SMILES string of the molecule is CCN(Cc1ccccn1)C(c1ccco1)C(C)N. The van der Waals surface area contributed by atoms with Crippen LogP contribution in [0.1, 0.15) is 31.3 Å². The fourth-order valence-corrected chi connectivity index (χ4v) is 2.34. The summed E-state index contributed by atoms with van der Waals surface area (Å²) in [7, 11) is 0. The van der Waals surface area contributed by atoms with Crippen molar-refractivity contribution in [2.45, 2.75) is 32.5 Å². The van der Waals surface area contributed by atoms with Gasteiger partial charge in [-0.15, -0.1) is 0 Å². The van der Waals surface area contributed by atoms with Gasteiger partial charge in [-0.25, -0.2) is 0 Å². The van der Waals surface area contributed by atoms with E-state index in [-0.39, 0.29) is 12.1 Å². The zero-order valence-electron chi connectivity index (χ0n) is 11.5. The van der Waals surface area contributed by atoms with Gasteiger partial charge in [0.1, 0.15) is 5.76 Å². The molecule has 2 atom stereocenters. The van der Waals surface area contributed by atoms with Crippen molar-refractivity contribution in [3.8, 4) is 0 Å². The molecule has 0 radical (unpaired) electrons. The first-order valence-electron chi connectivity index (χ1n) is 6.65. The van der Waals surface area contributed by atoms with Gasteiger partial charge in [0.25, 0.3) is 0 Å². The Morgan fingerprint density at radius 1 is 1.32 bits per heavy atom. The van der Waals surface area contributed by atoms with Crippen LogP contribution in [-0.2, 0) is 6.54 Å². The van der Waals surface area contributed by atoms with Crippen LogP contribution < -0.4 is 5.73 Å². The van der Waals surface area contributed by atoms with Crippen LogP contribution in [0.2, 0.25) is 0 Å². The maximum atomic E-state index is 6.14. The summed E-state index contributed by atoms with van der Waals surface area (Å²) in [6.45, 7) is 5.79. The quantitative estimate of drug-likeness (QED) is 0.866. The third kappa shape index (κ3) is 3.43. The zero-order valence-corrected chi connectivity index (χ0v) is 11.5. The van der Waals surface area contributed by atoms with Crippen LogP contribution in [0.3, 0.4) is 0 Å². The van der Waals surface area contributed by atoms with Crippen LogP contribution in [0.25, 0.3) is 0 Å². The first-order valence-corrected chi connectivity index (χ1v) is 6.65. The Bertz CT molecular complexity index is 467. The highest BCUT2D eigenvalue weighted by Gasteiger charge is 2.25. The van der Waals surface area contributed by atoms with Gasteiger partial charge in [-0.2, -0.15) is 0 Å². The summed E-state index contributed by atoms with van der Waals surface area (Å²) in [5.41, 5.74) is 7.18. The highest BCUT2D eigenvalue weighted by molar-refractivity contribution is 5.09. The zero-order chi connectivity index (χ0) is 13.7. The molecule has 2 aromatic rings. The van der Waals surface area contributed by atoms with Crippen molar-refractivity contribution >= 4 is 0 Å². The second-order valence-electron chi connectivity index (χ2n) is 4.70. The molecule has 0 aliphatic heterocycles. The van der Waals surface area contributed by atoms with E-state index in [2.05, 4.69) is 16.8 Å². The average Bonchev–Trinajstić information content (AvgIpc) is 2.92. The van der Waals surface area contributed by atoms with Gasteiger partial charge in [-0.3, -0.25) is 9.88 Å². The van der Waals surface area contributed by atoms with Gasteiger partial charge in [0.05, 0.1) is 18.0 Å². The van der Waals surface area contributed by atoms with E-state index < -0.39 is 0 Å². The number of furan rings is 1. The summed E-state index contributed by atoms with van der Waals surface area (Å²) in [4.78, 5) is 6.66. The molecule has 0 saturated heterocycles. The number of hydrogen-bond acceptors (Lipinski definition) is 4. The van der Waals surface area contributed by atoms with Gasteiger partial charge in [0.15, 0.2) is 0 Å². The van der Waals surface area contributed by atoms with Crippen LogP contribution in [0.4, 0.5) is 0 Å². The first kappa shape index (κ1) is 13.8. The van der Waals surface area contributed by atoms with Gasteiger partial charge in [-0.1, -0.05) is 13.0 Å². The molecule has 2 unspecified atom stereocenters. The minimum Gasteiger partial charge on any atom is -0.468 e. The Morgan fingerprint density at radius 2 is 2.16 bits per heavy atom. The van der Waals surface area contributed by atoms with E-state index in [4.69, 9.17) is 10.2 Å². The van der Waals surface area contributed by atoms with Crippen molar-refractivity contribution in [2.75, 3.05) is 6.54 Å². The molecular weight excluding hydrogens is 238 g/mol.